The molecule has 0 aliphatic heterocycles. The second-order valence-corrected chi connectivity index (χ2v) is 5.17. The molecule has 1 heterocycles. The highest BCUT2D eigenvalue weighted by Gasteiger charge is 2.08. The van der Waals surface area contributed by atoms with E-state index in [4.69, 9.17) is 0 Å². The first-order valence-corrected chi connectivity index (χ1v) is 8.61. The summed E-state index contributed by atoms with van der Waals surface area (Å²) in [6, 6.07) is 7.34. The first-order chi connectivity index (χ1) is 12.6. The number of rotatable bonds is 7. The van der Waals surface area contributed by atoms with Crippen LogP contribution in [0.2, 0.25) is 0 Å². The number of aromatic nitrogens is 2. The zero-order chi connectivity index (χ0) is 19.5. The lowest BCUT2D eigenvalue weighted by molar-refractivity contribution is 0.0988. The number of anilines is 2. The highest BCUT2D eigenvalue weighted by atomic mass is 16.1. The van der Waals surface area contributed by atoms with Crippen LogP contribution in [0.5, 0.6) is 0 Å². The molecule has 2 rings (SSSR count). The van der Waals surface area contributed by atoms with Crippen LogP contribution in [0.4, 0.5) is 11.6 Å². The molecule has 136 valence electrons. The summed E-state index contributed by atoms with van der Waals surface area (Å²) in [5.74, 6) is 0.537. The number of allylic oxidation sites excluding steroid dienone is 2. The Balaban J connectivity index is 0.00000163. The average molecular weight is 350 g/mol. The fraction of sp³-hybridized carbons (Fsp3) is 0.238. The van der Waals surface area contributed by atoms with E-state index in [1.165, 1.54) is 0 Å². The van der Waals surface area contributed by atoms with Gasteiger partial charge in [-0.2, -0.15) is 0 Å². The average Bonchev–Trinajstić information content (AvgIpc) is 2.69. The summed E-state index contributed by atoms with van der Waals surface area (Å²) >= 11 is 0. The van der Waals surface area contributed by atoms with Crippen LogP contribution < -0.4 is 5.32 Å². The number of Topliss-reactive ketones (excluding diaryl/α,β-unsaturated/α-hetero) is 1. The normalized spacial score (nSPS) is 10.4. The minimum atomic E-state index is 0.0988. The summed E-state index contributed by atoms with van der Waals surface area (Å²) in [5, 5.41) is 3.17. The largest absolute Gasteiger partial charge is 0.324 e. The number of nitrogens with zero attached hydrogens (tertiary/aromatic N) is 3. The third-order valence-electron chi connectivity index (χ3n) is 3.53. The number of aryl methyl sites for hydroxylation is 1. The summed E-state index contributed by atoms with van der Waals surface area (Å²) in [6.07, 6.45) is 5.37. The van der Waals surface area contributed by atoms with E-state index < -0.39 is 0 Å². The number of aliphatic imine (C=N–C) groups is 1. The molecule has 0 saturated carbocycles. The molecule has 0 aliphatic carbocycles. The molecule has 2 aromatic rings. The van der Waals surface area contributed by atoms with Crippen molar-refractivity contribution in [3.8, 4) is 0 Å². The van der Waals surface area contributed by atoms with E-state index in [9.17, 15) is 4.79 Å². The molecule has 0 amide bonds. The second-order valence-electron chi connectivity index (χ2n) is 5.17. The van der Waals surface area contributed by atoms with Gasteiger partial charge in [-0.15, -0.1) is 0 Å². The molecule has 1 aromatic carbocycles. The van der Waals surface area contributed by atoms with Crippen LogP contribution in [0.25, 0.3) is 5.57 Å². The minimum Gasteiger partial charge on any atom is -0.324 e. The Hall–Kier alpha value is -3.08. The molecule has 1 aromatic heterocycles. The molecule has 0 saturated heterocycles. The summed E-state index contributed by atoms with van der Waals surface area (Å²) in [5.41, 5.74) is 3.92. The van der Waals surface area contributed by atoms with Gasteiger partial charge in [-0.05, 0) is 31.3 Å². The Bertz CT molecular complexity index is 809. The molecular formula is C21H26N4O. The zero-order valence-electron chi connectivity index (χ0n) is 15.9. The van der Waals surface area contributed by atoms with Crippen molar-refractivity contribution in [2.24, 2.45) is 4.99 Å². The van der Waals surface area contributed by atoms with Crippen molar-refractivity contribution in [2.75, 3.05) is 5.32 Å². The third-order valence-corrected chi connectivity index (χ3v) is 3.53. The lowest BCUT2D eigenvalue weighted by Crippen LogP contribution is -2.03. The van der Waals surface area contributed by atoms with E-state index in [1.54, 1.807) is 24.5 Å². The van der Waals surface area contributed by atoms with Gasteiger partial charge in [-0.1, -0.05) is 45.6 Å². The number of carbonyl (C=O) groups is 1. The molecule has 0 radical (unpaired) electrons. The molecule has 0 spiro atoms. The van der Waals surface area contributed by atoms with Gasteiger partial charge in [0.25, 0.3) is 0 Å². The molecule has 0 unspecified atom stereocenters. The van der Waals surface area contributed by atoms with E-state index in [2.05, 4.69) is 33.6 Å². The Kier molecular flexibility index (Phi) is 8.64. The van der Waals surface area contributed by atoms with Gasteiger partial charge in [0.15, 0.2) is 5.78 Å². The van der Waals surface area contributed by atoms with Crippen LogP contribution in [0, 0.1) is 6.92 Å². The van der Waals surface area contributed by atoms with Crippen molar-refractivity contribution in [1.82, 2.24) is 9.97 Å². The van der Waals surface area contributed by atoms with Gasteiger partial charge >= 0.3 is 0 Å². The molecule has 0 bridgehead atoms. The molecule has 1 N–H and O–H groups in total. The number of ketones is 1. The predicted molar refractivity (Wildman–Crippen MR) is 110 cm³/mol. The lowest BCUT2D eigenvalue weighted by Gasteiger charge is -2.11. The summed E-state index contributed by atoms with van der Waals surface area (Å²) < 4.78 is 0. The van der Waals surface area contributed by atoms with Gasteiger partial charge in [-0.25, -0.2) is 9.97 Å². The topological polar surface area (TPSA) is 67.2 Å². The number of hydrogen-bond donors (Lipinski definition) is 1. The van der Waals surface area contributed by atoms with Crippen molar-refractivity contribution in [1.29, 1.82) is 0 Å². The van der Waals surface area contributed by atoms with Gasteiger partial charge in [0.05, 0.1) is 5.69 Å². The van der Waals surface area contributed by atoms with Crippen LogP contribution in [-0.4, -0.2) is 22.5 Å². The van der Waals surface area contributed by atoms with E-state index in [0.717, 1.165) is 16.8 Å². The quantitative estimate of drug-likeness (QED) is 0.414. The molecule has 0 aliphatic rings. The molecule has 5 nitrogen and oxygen atoms in total. The van der Waals surface area contributed by atoms with Crippen molar-refractivity contribution in [3.63, 3.8) is 0 Å². The monoisotopic (exact) mass is 350 g/mol. The van der Waals surface area contributed by atoms with Gasteiger partial charge < -0.3 is 5.32 Å². The highest BCUT2D eigenvalue weighted by molar-refractivity contribution is 5.97. The number of hydrogen-bond acceptors (Lipinski definition) is 5. The van der Waals surface area contributed by atoms with Gasteiger partial charge in [0.1, 0.15) is 0 Å². The molecule has 5 heteroatoms. The standard InChI is InChI=1S/C19H20N4O.C2H6/c1-5-14(12-20-4)16-9-10-21-19(22-16)23-17-11-15(18(24)6-2)8-7-13(17)3;1-2/h5,7-12H,1,4,6H2,2-3H3,(H,21,22,23);1-2H3/b14-12+;. The van der Waals surface area contributed by atoms with E-state index in [-0.39, 0.29) is 5.78 Å². The number of benzene rings is 1. The summed E-state index contributed by atoms with van der Waals surface area (Å²) in [6.45, 7) is 15.0. The lowest BCUT2D eigenvalue weighted by atomic mass is 10.1. The Morgan fingerprint density at radius 2 is 2.04 bits per heavy atom. The first kappa shape index (κ1) is 21.0. The van der Waals surface area contributed by atoms with Gasteiger partial charge in [0, 0.05) is 35.6 Å². The number of nitrogens with one attached hydrogen (secondary N) is 1. The zero-order valence-corrected chi connectivity index (χ0v) is 15.9. The Morgan fingerprint density at radius 3 is 2.65 bits per heavy atom. The van der Waals surface area contributed by atoms with Crippen LogP contribution in [0.15, 0.2) is 54.3 Å². The van der Waals surface area contributed by atoms with E-state index >= 15 is 0 Å². The Labute approximate surface area is 155 Å². The van der Waals surface area contributed by atoms with Crippen LogP contribution in [0.3, 0.4) is 0 Å². The van der Waals surface area contributed by atoms with Gasteiger partial charge in [-0.3, -0.25) is 9.79 Å². The fourth-order valence-corrected chi connectivity index (χ4v) is 2.16. The van der Waals surface area contributed by atoms with Crippen LogP contribution in [-0.2, 0) is 0 Å². The maximum Gasteiger partial charge on any atom is 0.227 e. The summed E-state index contributed by atoms with van der Waals surface area (Å²) in [7, 11) is 0. The maximum absolute atomic E-state index is 11.9. The minimum absolute atomic E-state index is 0.0988. The van der Waals surface area contributed by atoms with Crippen molar-refractivity contribution in [3.05, 3.63) is 66.1 Å². The van der Waals surface area contributed by atoms with Gasteiger partial charge in [0.2, 0.25) is 5.95 Å². The fourth-order valence-electron chi connectivity index (χ4n) is 2.16. The smallest absolute Gasteiger partial charge is 0.227 e. The van der Waals surface area contributed by atoms with Crippen LogP contribution >= 0.6 is 0 Å². The molecule has 26 heavy (non-hydrogen) atoms. The third kappa shape index (κ3) is 5.48. The number of carbonyl (C=O) groups excluding carboxylic acids is 1. The van der Waals surface area contributed by atoms with Crippen molar-refractivity contribution in [2.45, 2.75) is 34.1 Å². The maximum atomic E-state index is 11.9. The SMILES string of the molecule is C=C/C(=C\N=C)c1ccnc(Nc2cc(C(=O)CC)ccc2C)n1.CC. The van der Waals surface area contributed by atoms with Crippen molar-refractivity contribution < 1.29 is 4.79 Å². The Morgan fingerprint density at radius 1 is 1.31 bits per heavy atom. The summed E-state index contributed by atoms with van der Waals surface area (Å²) in [4.78, 5) is 24.3. The van der Waals surface area contributed by atoms with E-state index in [1.807, 2.05) is 45.9 Å². The highest BCUT2D eigenvalue weighted by Crippen LogP contribution is 2.22. The second kappa shape index (κ2) is 10.7. The van der Waals surface area contributed by atoms with Crippen LogP contribution in [0.1, 0.15) is 48.8 Å². The molecule has 0 atom stereocenters. The predicted octanol–water partition coefficient (Wildman–Crippen LogP) is 5.38. The molecular weight excluding hydrogens is 324 g/mol. The van der Waals surface area contributed by atoms with Crippen molar-refractivity contribution >= 4 is 29.7 Å². The first-order valence-electron chi connectivity index (χ1n) is 8.61. The molecule has 0 fully saturated rings. The van der Waals surface area contributed by atoms with E-state index in [0.29, 0.717) is 23.6 Å².